The van der Waals surface area contributed by atoms with Crippen LogP contribution < -0.4 is 20.8 Å². The monoisotopic (exact) mass is 459 g/mol. The topological polar surface area (TPSA) is 97.8 Å². The number of halogens is 1. The van der Waals surface area contributed by atoms with Gasteiger partial charge < -0.3 is 25.0 Å². The third-order valence-electron chi connectivity index (χ3n) is 6.68. The number of hydrogen-bond acceptors (Lipinski definition) is 7. The number of methoxy groups -OCH3 is 1. The molecule has 0 unspecified atom stereocenters. The summed E-state index contributed by atoms with van der Waals surface area (Å²) in [7, 11) is 1.49. The van der Waals surface area contributed by atoms with Gasteiger partial charge in [0.25, 0.3) is 0 Å². The minimum absolute atomic E-state index is 0.0811. The molecule has 170 valence electrons. The number of nitrogens with two attached hydrogens (primary N) is 1. The summed E-state index contributed by atoms with van der Waals surface area (Å²) in [6, 6.07) is 1.36. The van der Waals surface area contributed by atoms with Gasteiger partial charge >= 0.3 is 0 Å². The minimum atomic E-state index is -0.527. The quantitative estimate of drug-likeness (QED) is 0.564. The molecule has 2 fully saturated rings. The lowest BCUT2D eigenvalue weighted by Gasteiger charge is -2.34. The van der Waals surface area contributed by atoms with Crippen LogP contribution in [0.25, 0.3) is 21.1 Å². The van der Waals surface area contributed by atoms with Gasteiger partial charge in [0.1, 0.15) is 20.8 Å². The summed E-state index contributed by atoms with van der Waals surface area (Å²) in [6.45, 7) is 3.29. The number of carbonyl (C=O) groups excluding carboxylic acids is 1. The largest absolute Gasteiger partial charge is 0.505 e. The van der Waals surface area contributed by atoms with E-state index in [-0.39, 0.29) is 33.2 Å². The molecule has 3 N–H and O–H groups in total. The number of piperidine rings is 1. The zero-order chi connectivity index (χ0) is 22.7. The third-order valence-corrected chi connectivity index (χ3v) is 7.96. The molecule has 7 nitrogen and oxygen atoms in total. The number of rotatable bonds is 5. The van der Waals surface area contributed by atoms with Gasteiger partial charge in [-0.3, -0.25) is 9.59 Å². The van der Waals surface area contributed by atoms with Crippen molar-refractivity contribution in [2.24, 2.45) is 11.7 Å². The molecule has 1 aromatic carbocycles. The maximum Gasteiger partial charge on any atom is 0.202 e. The van der Waals surface area contributed by atoms with E-state index in [0.29, 0.717) is 47.3 Å². The summed E-state index contributed by atoms with van der Waals surface area (Å²) >= 11 is 1.11. The summed E-state index contributed by atoms with van der Waals surface area (Å²) < 4.78 is 23.2. The molecule has 1 saturated heterocycles. The van der Waals surface area contributed by atoms with Gasteiger partial charge in [0.05, 0.1) is 18.0 Å². The number of Topliss-reactive ketones (excluding diaryl/α,β-unsaturated/α-hetero) is 1. The van der Waals surface area contributed by atoms with Crippen molar-refractivity contribution in [3.8, 4) is 11.5 Å². The molecule has 3 heterocycles. The van der Waals surface area contributed by atoms with Crippen molar-refractivity contribution in [1.29, 1.82) is 0 Å². The second kappa shape index (κ2) is 7.74. The van der Waals surface area contributed by atoms with Crippen LogP contribution in [0.1, 0.15) is 48.3 Å². The van der Waals surface area contributed by atoms with Crippen LogP contribution in [0.15, 0.2) is 10.9 Å². The molecule has 2 aliphatic rings. The first-order valence-electron chi connectivity index (χ1n) is 10.9. The van der Waals surface area contributed by atoms with Crippen LogP contribution in [0.4, 0.5) is 10.1 Å². The molecular formula is C23H26FN3O4S. The number of hydrogen-bond donors (Lipinski definition) is 2. The van der Waals surface area contributed by atoms with Crippen LogP contribution >= 0.6 is 11.3 Å². The van der Waals surface area contributed by atoms with Gasteiger partial charge in [-0.2, -0.15) is 0 Å². The van der Waals surface area contributed by atoms with Gasteiger partial charge in [-0.15, -0.1) is 11.3 Å². The molecular weight excluding hydrogens is 433 g/mol. The number of pyridine rings is 1. The Morgan fingerprint density at radius 2 is 2.00 bits per heavy atom. The normalized spacial score (nSPS) is 17.4. The highest BCUT2D eigenvalue weighted by Gasteiger charge is 2.34. The number of benzene rings is 1. The first-order chi connectivity index (χ1) is 15.4. The van der Waals surface area contributed by atoms with Crippen molar-refractivity contribution < 1.29 is 19.0 Å². The molecule has 1 aliphatic heterocycles. The van der Waals surface area contributed by atoms with E-state index in [1.54, 1.807) is 0 Å². The van der Waals surface area contributed by atoms with Crippen LogP contribution in [0.3, 0.4) is 0 Å². The lowest BCUT2D eigenvalue weighted by Crippen LogP contribution is -2.36. The van der Waals surface area contributed by atoms with E-state index < -0.39 is 11.2 Å². The summed E-state index contributed by atoms with van der Waals surface area (Å²) in [5.74, 6) is -0.401. The van der Waals surface area contributed by atoms with Crippen molar-refractivity contribution in [2.45, 2.75) is 38.6 Å². The standard InChI is InChI=1S/C23H26FN3O4S/c1-11(28)22-20(30)16-19(29)14-9-15(24)18(26-7-5-12(10-25)6-8-26)21(31-2)17(14)27(13-3-4-13)23(16)32-22/h9,12-13,30H,3-8,10,25H2,1-2H3. The molecule has 32 heavy (non-hydrogen) atoms. The highest BCUT2D eigenvalue weighted by atomic mass is 32.1. The van der Waals surface area contributed by atoms with E-state index in [1.165, 1.54) is 20.1 Å². The average Bonchev–Trinajstić information content (AvgIpc) is 3.56. The fraction of sp³-hybridized carbons (Fsp3) is 0.478. The van der Waals surface area contributed by atoms with Gasteiger partial charge in [0.15, 0.2) is 23.1 Å². The maximum atomic E-state index is 15.5. The predicted octanol–water partition coefficient (Wildman–Crippen LogP) is 3.78. The highest BCUT2D eigenvalue weighted by Crippen LogP contribution is 2.48. The number of thiophene rings is 1. The Bertz CT molecular complexity index is 1300. The number of ketones is 1. The zero-order valence-electron chi connectivity index (χ0n) is 18.1. The van der Waals surface area contributed by atoms with Gasteiger partial charge in [0, 0.05) is 26.1 Å². The number of fused-ring (bicyclic) bond motifs is 2. The van der Waals surface area contributed by atoms with E-state index in [4.69, 9.17) is 10.5 Å². The number of aromatic hydroxyl groups is 1. The molecule has 0 amide bonds. The van der Waals surface area contributed by atoms with Gasteiger partial charge in [0.2, 0.25) is 5.43 Å². The van der Waals surface area contributed by atoms with Gasteiger partial charge in [-0.05, 0) is 44.2 Å². The Balaban J connectivity index is 1.84. The fourth-order valence-corrected chi connectivity index (χ4v) is 6.01. The average molecular weight is 460 g/mol. The van der Waals surface area contributed by atoms with E-state index in [0.717, 1.165) is 37.0 Å². The number of aromatic nitrogens is 1. The van der Waals surface area contributed by atoms with Crippen LogP contribution in [-0.2, 0) is 0 Å². The van der Waals surface area contributed by atoms with Crippen molar-refractivity contribution >= 4 is 43.9 Å². The maximum absolute atomic E-state index is 15.5. The zero-order valence-corrected chi connectivity index (χ0v) is 18.9. The van der Waals surface area contributed by atoms with Gasteiger partial charge in [-0.1, -0.05) is 0 Å². The molecule has 1 saturated carbocycles. The lowest BCUT2D eigenvalue weighted by molar-refractivity contribution is 0.101. The van der Waals surface area contributed by atoms with Crippen LogP contribution in [0.5, 0.6) is 11.5 Å². The highest BCUT2D eigenvalue weighted by molar-refractivity contribution is 7.21. The number of carbonyl (C=O) groups is 1. The Morgan fingerprint density at radius 1 is 1.31 bits per heavy atom. The van der Waals surface area contributed by atoms with E-state index in [2.05, 4.69) is 0 Å². The molecule has 3 aromatic rings. The van der Waals surface area contributed by atoms with Crippen molar-refractivity contribution in [3.05, 3.63) is 27.0 Å². The number of nitrogens with zero attached hydrogens (tertiary/aromatic N) is 2. The second-order valence-electron chi connectivity index (χ2n) is 8.75. The van der Waals surface area contributed by atoms with Crippen LogP contribution in [-0.4, -0.2) is 42.2 Å². The molecule has 0 spiro atoms. The first-order valence-corrected chi connectivity index (χ1v) is 11.7. The molecule has 0 bridgehead atoms. The molecule has 0 radical (unpaired) electrons. The number of anilines is 1. The summed E-state index contributed by atoms with van der Waals surface area (Å²) in [5.41, 5.74) is 6.21. The predicted molar refractivity (Wildman–Crippen MR) is 124 cm³/mol. The first kappa shape index (κ1) is 21.2. The third kappa shape index (κ3) is 3.09. The SMILES string of the molecule is COc1c(N2CCC(CN)CC2)c(F)cc2c(=O)c3c(O)c(C(C)=O)sc3n(C3CC3)c12. The molecule has 5 rings (SSSR count). The molecule has 0 atom stereocenters. The number of ether oxygens (including phenoxy) is 1. The molecule has 1 aliphatic carbocycles. The van der Waals surface area contributed by atoms with Crippen molar-refractivity contribution in [2.75, 3.05) is 31.6 Å². The minimum Gasteiger partial charge on any atom is -0.505 e. The summed E-state index contributed by atoms with van der Waals surface area (Å²) in [5, 5.41) is 10.9. The Labute approximate surface area is 188 Å². The Kier molecular flexibility index (Phi) is 5.13. The second-order valence-corrected chi connectivity index (χ2v) is 9.75. The molecule has 2 aromatic heterocycles. The lowest BCUT2D eigenvalue weighted by atomic mass is 9.96. The fourth-order valence-electron chi connectivity index (χ4n) is 4.84. The van der Waals surface area contributed by atoms with E-state index in [9.17, 15) is 14.7 Å². The van der Waals surface area contributed by atoms with Crippen molar-refractivity contribution in [1.82, 2.24) is 4.57 Å². The van der Waals surface area contributed by atoms with Crippen molar-refractivity contribution in [3.63, 3.8) is 0 Å². The van der Waals surface area contributed by atoms with Crippen LogP contribution in [0, 0.1) is 11.7 Å². The van der Waals surface area contributed by atoms with Gasteiger partial charge in [-0.25, -0.2) is 4.39 Å². The van der Waals surface area contributed by atoms with Crippen LogP contribution in [0.2, 0.25) is 0 Å². The summed E-state index contributed by atoms with van der Waals surface area (Å²) in [6.07, 6.45) is 3.54. The Morgan fingerprint density at radius 3 is 2.56 bits per heavy atom. The molecule has 9 heteroatoms. The van der Waals surface area contributed by atoms with E-state index >= 15 is 4.39 Å². The van der Waals surface area contributed by atoms with E-state index in [1.807, 2.05) is 9.47 Å². The smallest absolute Gasteiger partial charge is 0.202 e. The Hall–Kier alpha value is -2.65. The summed E-state index contributed by atoms with van der Waals surface area (Å²) in [4.78, 5) is 28.1.